The number of carbonyl (C=O) groups excluding carboxylic acids is 1. The third-order valence-electron chi connectivity index (χ3n) is 5.28. The average Bonchev–Trinajstić information content (AvgIpc) is 2.60. The van der Waals surface area contributed by atoms with Crippen molar-refractivity contribution >= 4 is 15.7 Å². The van der Waals surface area contributed by atoms with Crippen molar-refractivity contribution in [2.75, 3.05) is 26.0 Å². The maximum Gasteiger partial charge on any atom is 0.419 e. The van der Waals surface area contributed by atoms with Crippen molar-refractivity contribution in [1.82, 2.24) is 4.90 Å². The Morgan fingerprint density at radius 3 is 2.24 bits per heavy atom. The van der Waals surface area contributed by atoms with Crippen LogP contribution in [0.1, 0.15) is 44.7 Å². The molecule has 0 N–H and O–H groups in total. The van der Waals surface area contributed by atoms with Crippen LogP contribution in [0.5, 0.6) is 5.75 Å². The summed E-state index contributed by atoms with van der Waals surface area (Å²) in [5.41, 5.74) is -0.436. The number of methoxy groups -OCH3 is 1. The summed E-state index contributed by atoms with van der Waals surface area (Å²) in [6.45, 7) is 5.93. The predicted molar refractivity (Wildman–Crippen MR) is 105 cm³/mol. The van der Waals surface area contributed by atoms with Crippen LogP contribution >= 0.6 is 0 Å². The number of carbonyl (C=O) groups is 1. The topological polar surface area (TPSA) is 63.7 Å². The van der Waals surface area contributed by atoms with Gasteiger partial charge in [-0.05, 0) is 57.2 Å². The van der Waals surface area contributed by atoms with Gasteiger partial charge in [0, 0.05) is 13.1 Å². The maximum atomic E-state index is 13.0. The minimum Gasteiger partial charge on any atom is -0.496 e. The van der Waals surface area contributed by atoms with Crippen molar-refractivity contribution in [3.8, 4) is 5.75 Å². The molecule has 0 spiro atoms. The molecule has 1 heterocycles. The van der Waals surface area contributed by atoms with Gasteiger partial charge in [-0.15, -0.1) is 0 Å². The summed E-state index contributed by atoms with van der Waals surface area (Å²) in [5.74, 6) is -0.387. The van der Waals surface area contributed by atoms with Crippen LogP contribution in [0.3, 0.4) is 0 Å². The van der Waals surface area contributed by atoms with E-state index in [4.69, 9.17) is 4.74 Å². The molecule has 29 heavy (non-hydrogen) atoms. The maximum absolute atomic E-state index is 13.0. The summed E-state index contributed by atoms with van der Waals surface area (Å²) in [5, 5.41) is 0. The molecule has 164 valence electrons. The van der Waals surface area contributed by atoms with Crippen LogP contribution in [-0.2, 0) is 27.2 Å². The number of benzene rings is 1. The van der Waals surface area contributed by atoms with Crippen molar-refractivity contribution in [3.63, 3.8) is 0 Å². The smallest absolute Gasteiger partial charge is 0.419 e. The van der Waals surface area contributed by atoms with E-state index in [0.29, 0.717) is 31.5 Å². The van der Waals surface area contributed by atoms with E-state index in [2.05, 4.69) is 0 Å². The Kier molecular flexibility index (Phi) is 6.92. The lowest BCUT2D eigenvalue weighted by Crippen LogP contribution is -2.42. The first-order chi connectivity index (χ1) is 13.2. The highest BCUT2D eigenvalue weighted by molar-refractivity contribution is 7.92. The van der Waals surface area contributed by atoms with Crippen molar-refractivity contribution in [2.24, 2.45) is 5.92 Å². The van der Waals surface area contributed by atoms with E-state index in [9.17, 15) is 26.4 Å². The van der Waals surface area contributed by atoms with Crippen molar-refractivity contribution < 1.29 is 31.1 Å². The highest BCUT2D eigenvalue weighted by atomic mass is 32.2. The monoisotopic (exact) mass is 435 g/mol. The lowest BCUT2D eigenvalue weighted by Gasteiger charge is -2.33. The zero-order valence-corrected chi connectivity index (χ0v) is 18.0. The number of likely N-dealkylation sites (tertiary alicyclic amines) is 1. The molecule has 2 rings (SSSR count). The molecular weight excluding hydrogens is 407 g/mol. The van der Waals surface area contributed by atoms with Crippen molar-refractivity contribution in [3.05, 3.63) is 29.3 Å². The Balaban J connectivity index is 1.97. The lowest BCUT2D eigenvalue weighted by atomic mass is 9.98. The molecule has 1 aromatic rings. The molecule has 1 aliphatic heterocycles. The number of ether oxygens (including phenoxy) is 1. The molecule has 1 aromatic carbocycles. The first kappa shape index (κ1) is 23.5. The molecule has 0 unspecified atom stereocenters. The molecule has 1 aliphatic rings. The number of nitrogens with zero attached hydrogens (tertiary/aromatic N) is 1. The number of sulfone groups is 1. The van der Waals surface area contributed by atoms with Crippen LogP contribution in [0.25, 0.3) is 0 Å². The fraction of sp³-hybridized carbons (Fsp3) is 0.650. The van der Waals surface area contributed by atoms with Crippen LogP contribution in [-0.4, -0.2) is 49.9 Å². The Bertz CT molecular complexity index is 836. The first-order valence-corrected chi connectivity index (χ1v) is 11.1. The van der Waals surface area contributed by atoms with Crippen LogP contribution in [0.2, 0.25) is 0 Å². The predicted octanol–water partition coefficient (Wildman–Crippen LogP) is 3.71. The van der Waals surface area contributed by atoms with Gasteiger partial charge in [0.2, 0.25) is 5.91 Å². The molecule has 0 aliphatic carbocycles. The van der Waals surface area contributed by atoms with Gasteiger partial charge in [-0.3, -0.25) is 4.79 Å². The SMILES string of the molecule is COc1cc(CC(=O)N2CCC(CS(=O)(=O)C(C)(C)C)CC2)ccc1C(F)(F)F. The molecule has 5 nitrogen and oxygen atoms in total. The van der Waals surface area contributed by atoms with Crippen LogP contribution in [0.15, 0.2) is 18.2 Å². The molecule has 1 fully saturated rings. The van der Waals surface area contributed by atoms with Gasteiger partial charge < -0.3 is 9.64 Å². The third-order valence-corrected chi connectivity index (χ3v) is 8.06. The molecular formula is C20H28F3NO4S. The zero-order chi connectivity index (χ0) is 22.0. The second-order valence-electron chi connectivity index (χ2n) is 8.43. The average molecular weight is 436 g/mol. The fourth-order valence-corrected chi connectivity index (χ4v) is 4.73. The summed E-state index contributed by atoms with van der Waals surface area (Å²) in [7, 11) is -2.06. The third kappa shape index (κ3) is 5.87. The molecule has 0 radical (unpaired) electrons. The molecule has 1 saturated heterocycles. The van der Waals surface area contributed by atoms with E-state index in [1.165, 1.54) is 12.1 Å². The van der Waals surface area contributed by atoms with Crippen LogP contribution < -0.4 is 4.74 Å². The van der Waals surface area contributed by atoms with Crippen LogP contribution in [0.4, 0.5) is 13.2 Å². The summed E-state index contributed by atoms with van der Waals surface area (Å²) in [6.07, 6.45) is -3.36. The second kappa shape index (κ2) is 8.53. The van der Waals surface area contributed by atoms with Gasteiger partial charge in [0.15, 0.2) is 9.84 Å². The number of halogens is 3. The largest absolute Gasteiger partial charge is 0.496 e. The summed E-state index contributed by atoms with van der Waals surface area (Å²) >= 11 is 0. The van der Waals surface area contributed by atoms with E-state index in [1.807, 2.05) is 0 Å². The van der Waals surface area contributed by atoms with Gasteiger partial charge in [-0.2, -0.15) is 13.2 Å². The molecule has 9 heteroatoms. The standard InChI is InChI=1S/C20H28F3NO4S/c1-19(2,3)29(26,27)13-14-7-9-24(10-8-14)18(25)12-15-5-6-16(20(21,22)23)17(11-15)28-4/h5-6,11,14H,7-10,12-13H2,1-4H3. The summed E-state index contributed by atoms with van der Waals surface area (Å²) < 4.78 is 67.6. The molecule has 0 bridgehead atoms. The normalized spacial score (nSPS) is 16.7. The van der Waals surface area contributed by atoms with Crippen molar-refractivity contribution in [2.45, 2.75) is 51.0 Å². The number of hydrogen-bond acceptors (Lipinski definition) is 4. The molecule has 0 saturated carbocycles. The van der Waals surface area contributed by atoms with Gasteiger partial charge in [-0.25, -0.2) is 8.42 Å². The summed E-state index contributed by atoms with van der Waals surface area (Å²) in [6, 6.07) is 3.44. The van der Waals surface area contributed by atoms with Crippen LogP contribution in [0, 0.1) is 5.92 Å². The van der Waals surface area contributed by atoms with E-state index in [-0.39, 0.29) is 29.7 Å². The van der Waals surface area contributed by atoms with E-state index in [1.54, 1.807) is 25.7 Å². The zero-order valence-electron chi connectivity index (χ0n) is 17.2. The number of piperidine rings is 1. The van der Waals surface area contributed by atoms with Gasteiger partial charge in [0.05, 0.1) is 29.6 Å². The fourth-order valence-electron chi connectivity index (χ4n) is 3.28. The number of alkyl halides is 3. The quantitative estimate of drug-likeness (QED) is 0.707. The molecule has 0 atom stereocenters. The van der Waals surface area contributed by atoms with E-state index >= 15 is 0 Å². The Morgan fingerprint density at radius 1 is 1.17 bits per heavy atom. The van der Waals surface area contributed by atoms with E-state index in [0.717, 1.165) is 13.2 Å². The van der Waals surface area contributed by atoms with Crippen molar-refractivity contribution in [1.29, 1.82) is 0 Å². The first-order valence-electron chi connectivity index (χ1n) is 9.49. The molecule has 0 aromatic heterocycles. The minimum atomic E-state index is -4.52. The van der Waals surface area contributed by atoms with Gasteiger partial charge in [0.1, 0.15) is 5.75 Å². The molecule has 1 amide bonds. The van der Waals surface area contributed by atoms with Gasteiger partial charge in [-0.1, -0.05) is 6.07 Å². The Labute approximate surface area is 170 Å². The lowest BCUT2D eigenvalue weighted by molar-refractivity contribution is -0.138. The van der Waals surface area contributed by atoms with Gasteiger partial charge in [0.25, 0.3) is 0 Å². The second-order valence-corrected chi connectivity index (χ2v) is 11.2. The highest BCUT2D eigenvalue weighted by Crippen LogP contribution is 2.36. The van der Waals surface area contributed by atoms with E-state index < -0.39 is 26.3 Å². The van der Waals surface area contributed by atoms with Gasteiger partial charge >= 0.3 is 6.18 Å². The Hall–Kier alpha value is -1.77. The summed E-state index contributed by atoms with van der Waals surface area (Å²) in [4.78, 5) is 14.2. The number of hydrogen-bond donors (Lipinski definition) is 0. The minimum absolute atomic E-state index is 0.00874. The number of amides is 1. The highest BCUT2D eigenvalue weighted by Gasteiger charge is 2.35. The Morgan fingerprint density at radius 2 is 1.76 bits per heavy atom. The number of rotatable bonds is 5.